The third kappa shape index (κ3) is 2.19. The summed E-state index contributed by atoms with van der Waals surface area (Å²) in [5.41, 5.74) is -0.709. The molecule has 3 heteroatoms. The van der Waals surface area contributed by atoms with Gasteiger partial charge in [-0.1, -0.05) is 0 Å². The number of oxazole rings is 1. The van der Waals surface area contributed by atoms with E-state index in [1.54, 1.807) is 20.0 Å². The quantitative estimate of drug-likeness (QED) is 0.668. The Hall–Kier alpha value is -0.830. The van der Waals surface area contributed by atoms with Crippen LogP contribution in [0.25, 0.3) is 0 Å². The SMILES string of the molecule is CC(C)(O)Cc1cnco1. The van der Waals surface area contributed by atoms with Crippen LogP contribution in [0, 0.1) is 0 Å². The van der Waals surface area contributed by atoms with Crippen molar-refractivity contribution in [3.8, 4) is 0 Å². The van der Waals surface area contributed by atoms with E-state index in [1.807, 2.05) is 0 Å². The van der Waals surface area contributed by atoms with Gasteiger partial charge in [0, 0.05) is 6.42 Å². The minimum absolute atomic E-state index is 0.507. The van der Waals surface area contributed by atoms with E-state index < -0.39 is 5.60 Å². The topological polar surface area (TPSA) is 46.3 Å². The van der Waals surface area contributed by atoms with Crippen LogP contribution in [0.4, 0.5) is 0 Å². The Kier molecular flexibility index (Phi) is 1.76. The summed E-state index contributed by atoms with van der Waals surface area (Å²) in [5.74, 6) is 0.715. The van der Waals surface area contributed by atoms with Gasteiger partial charge in [0.15, 0.2) is 6.39 Å². The van der Waals surface area contributed by atoms with Crippen LogP contribution < -0.4 is 0 Å². The van der Waals surface area contributed by atoms with Crippen molar-refractivity contribution in [1.29, 1.82) is 0 Å². The van der Waals surface area contributed by atoms with Gasteiger partial charge in [-0.2, -0.15) is 0 Å². The van der Waals surface area contributed by atoms with E-state index in [0.717, 1.165) is 0 Å². The van der Waals surface area contributed by atoms with E-state index in [9.17, 15) is 5.11 Å². The van der Waals surface area contributed by atoms with Gasteiger partial charge in [0.25, 0.3) is 0 Å². The van der Waals surface area contributed by atoms with E-state index in [0.29, 0.717) is 12.2 Å². The number of aliphatic hydroxyl groups is 1. The first kappa shape index (κ1) is 7.28. The Balaban J connectivity index is 2.57. The van der Waals surface area contributed by atoms with Crippen molar-refractivity contribution >= 4 is 0 Å². The van der Waals surface area contributed by atoms with Gasteiger partial charge in [-0.25, -0.2) is 4.98 Å². The van der Waals surface area contributed by atoms with Crippen LogP contribution in [-0.2, 0) is 6.42 Å². The van der Waals surface area contributed by atoms with Gasteiger partial charge < -0.3 is 9.52 Å². The van der Waals surface area contributed by atoms with E-state index in [1.165, 1.54) is 6.39 Å². The lowest BCUT2D eigenvalue weighted by molar-refractivity contribution is 0.0752. The van der Waals surface area contributed by atoms with Gasteiger partial charge >= 0.3 is 0 Å². The van der Waals surface area contributed by atoms with Crippen molar-refractivity contribution < 1.29 is 9.52 Å². The van der Waals surface area contributed by atoms with Gasteiger partial charge in [-0.3, -0.25) is 0 Å². The molecule has 10 heavy (non-hydrogen) atoms. The fourth-order valence-corrected chi connectivity index (χ4v) is 0.756. The Bertz CT molecular complexity index is 186. The molecule has 0 radical (unpaired) electrons. The van der Waals surface area contributed by atoms with Crippen molar-refractivity contribution in [2.75, 3.05) is 0 Å². The smallest absolute Gasteiger partial charge is 0.180 e. The highest BCUT2D eigenvalue weighted by Gasteiger charge is 2.14. The second-order valence-corrected chi connectivity index (χ2v) is 2.96. The molecule has 0 amide bonds. The Morgan fingerprint density at radius 3 is 2.80 bits per heavy atom. The molecule has 0 fully saturated rings. The largest absolute Gasteiger partial charge is 0.448 e. The molecule has 0 spiro atoms. The molecule has 1 aromatic heterocycles. The van der Waals surface area contributed by atoms with E-state index >= 15 is 0 Å². The summed E-state index contributed by atoms with van der Waals surface area (Å²) in [6.45, 7) is 3.46. The average Bonchev–Trinajstić information content (AvgIpc) is 2.12. The summed E-state index contributed by atoms with van der Waals surface area (Å²) in [6.07, 6.45) is 3.48. The summed E-state index contributed by atoms with van der Waals surface area (Å²) >= 11 is 0. The number of nitrogens with zero attached hydrogens (tertiary/aromatic N) is 1. The zero-order valence-corrected chi connectivity index (χ0v) is 6.16. The summed E-state index contributed by atoms with van der Waals surface area (Å²) < 4.78 is 4.94. The van der Waals surface area contributed by atoms with E-state index in [-0.39, 0.29) is 0 Å². The second-order valence-electron chi connectivity index (χ2n) is 2.96. The van der Waals surface area contributed by atoms with Gasteiger partial charge in [-0.15, -0.1) is 0 Å². The molecule has 0 saturated heterocycles. The fraction of sp³-hybridized carbons (Fsp3) is 0.571. The van der Waals surface area contributed by atoms with Gasteiger partial charge in [0.2, 0.25) is 0 Å². The number of hydrogen-bond acceptors (Lipinski definition) is 3. The summed E-state index contributed by atoms with van der Waals surface area (Å²) in [6, 6.07) is 0. The summed E-state index contributed by atoms with van der Waals surface area (Å²) in [5, 5.41) is 9.30. The van der Waals surface area contributed by atoms with Crippen molar-refractivity contribution in [1.82, 2.24) is 4.98 Å². The van der Waals surface area contributed by atoms with Crippen LogP contribution in [0.15, 0.2) is 17.0 Å². The number of aromatic nitrogens is 1. The number of hydrogen-bond donors (Lipinski definition) is 1. The fourth-order valence-electron chi connectivity index (χ4n) is 0.756. The van der Waals surface area contributed by atoms with Crippen LogP contribution in [-0.4, -0.2) is 15.7 Å². The minimum atomic E-state index is -0.709. The Morgan fingerprint density at radius 2 is 2.40 bits per heavy atom. The van der Waals surface area contributed by atoms with Crippen LogP contribution >= 0.6 is 0 Å². The highest BCUT2D eigenvalue weighted by molar-refractivity contribution is 4.93. The maximum Gasteiger partial charge on any atom is 0.180 e. The third-order valence-corrected chi connectivity index (χ3v) is 1.09. The monoisotopic (exact) mass is 141 g/mol. The predicted molar refractivity (Wildman–Crippen MR) is 36.5 cm³/mol. The second kappa shape index (κ2) is 2.42. The van der Waals surface area contributed by atoms with Crippen molar-refractivity contribution in [3.63, 3.8) is 0 Å². The maximum absolute atomic E-state index is 9.30. The van der Waals surface area contributed by atoms with Crippen molar-refractivity contribution in [3.05, 3.63) is 18.4 Å². The normalized spacial score (nSPS) is 11.9. The number of rotatable bonds is 2. The molecule has 0 saturated carbocycles. The molecule has 0 aliphatic carbocycles. The molecule has 1 rings (SSSR count). The molecule has 0 bridgehead atoms. The van der Waals surface area contributed by atoms with Gasteiger partial charge in [0.1, 0.15) is 5.76 Å². The van der Waals surface area contributed by atoms with Gasteiger partial charge in [0.05, 0.1) is 11.8 Å². The average molecular weight is 141 g/mol. The van der Waals surface area contributed by atoms with Crippen molar-refractivity contribution in [2.45, 2.75) is 25.9 Å². The zero-order chi connectivity index (χ0) is 7.61. The Morgan fingerprint density at radius 1 is 1.70 bits per heavy atom. The Labute approximate surface area is 59.7 Å². The highest BCUT2D eigenvalue weighted by atomic mass is 16.3. The zero-order valence-electron chi connectivity index (χ0n) is 6.16. The first-order chi connectivity index (χ1) is 4.58. The van der Waals surface area contributed by atoms with Gasteiger partial charge in [-0.05, 0) is 13.8 Å². The highest BCUT2D eigenvalue weighted by Crippen LogP contribution is 2.10. The molecule has 0 aliphatic heterocycles. The molecule has 1 heterocycles. The summed E-state index contributed by atoms with van der Waals surface area (Å²) in [4.78, 5) is 3.73. The first-order valence-corrected chi connectivity index (χ1v) is 3.18. The van der Waals surface area contributed by atoms with Crippen LogP contribution in [0.2, 0.25) is 0 Å². The lowest BCUT2D eigenvalue weighted by Crippen LogP contribution is -2.21. The standard InChI is InChI=1S/C7H11NO2/c1-7(2,9)3-6-4-8-5-10-6/h4-5,9H,3H2,1-2H3. The molecule has 3 nitrogen and oxygen atoms in total. The lowest BCUT2D eigenvalue weighted by atomic mass is 10.0. The van der Waals surface area contributed by atoms with E-state index in [4.69, 9.17) is 4.42 Å². The molecule has 0 atom stereocenters. The minimum Gasteiger partial charge on any atom is -0.448 e. The lowest BCUT2D eigenvalue weighted by Gasteiger charge is -2.13. The molecule has 1 aromatic rings. The molecule has 0 unspecified atom stereocenters. The van der Waals surface area contributed by atoms with Crippen LogP contribution in [0.3, 0.4) is 0 Å². The predicted octanol–water partition coefficient (Wildman–Crippen LogP) is 0.988. The van der Waals surface area contributed by atoms with E-state index in [2.05, 4.69) is 4.98 Å². The molecule has 0 aromatic carbocycles. The molecule has 56 valence electrons. The van der Waals surface area contributed by atoms with Crippen LogP contribution in [0.5, 0.6) is 0 Å². The maximum atomic E-state index is 9.30. The molecular weight excluding hydrogens is 130 g/mol. The molecule has 0 aliphatic rings. The first-order valence-electron chi connectivity index (χ1n) is 3.18. The third-order valence-electron chi connectivity index (χ3n) is 1.09. The summed E-state index contributed by atoms with van der Waals surface area (Å²) in [7, 11) is 0. The van der Waals surface area contributed by atoms with Crippen molar-refractivity contribution in [2.24, 2.45) is 0 Å². The van der Waals surface area contributed by atoms with Crippen LogP contribution in [0.1, 0.15) is 19.6 Å². The molecule has 1 N–H and O–H groups in total. The molecular formula is C7H11NO2.